The van der Waals surface area contributed by atoms with Crippen molar-refractivity contribution in [3.05, 3.63) is 32.6 Å². The Hall–Kier alpha value is -1.09. The SMILES string of the molecule is CCCSC1CC(n2cc(C)c(=O)[nH]c2=O)O[C@H](CO)[C@H]1O. The molecule has 1 saturated heterocycles. The summed E-state index contributed by atoms with van der Waals surface area (Å²) in [5, 5.41) is 19.5. The number of aliphatic hydroxyl groups is 2. The van der Waals surface area contributed by atoms with Gasteiger partial charge in [-0.05, 0) is 19.1 Å². The van der Waals surface area contributed by atoms with E-state index in [0.717, 1.165) is 12.2 Å². The Morgan fingerprint density at radius 2 is 2.23 bits per heavy atom. The molecule has 1 aromatic heterocycles. The van der Waals surface area contributed by atoms with E-state index in [1.54, 1.807) is 18.7 Å². The number of ether oxygens (including phenoxy) is 1. The molecule has 0 amide bonds. The zero-order valence-electron chi connectivity index (χ0n) is 12.7. The molecule has 7 nitrogen and oxygen atoms in total. The van der Waals surface area contributed by atoms with Gasteiger partial charge in [0, 0.05) is 23.4 Å². The van der Waals surface area contributed by atoms with Crippen LogP contribution in [0, 0.1) is 6.92 Å². The lowest BCUT2D eigenvalue weighted by Crippen LogP contribution is -2.49. The lowest BCUT2D eigenvalue weighted by molar-refractivity contribution is -0.157. The zero-order chi connectivity index (χ0) is 16.3. The topological polar surface area (TPSA) is 105 Å². The summed E-state index contributed by atoms with van der Waals surface area (Å²) in [5.74, 6) is 0.881. The van der Waals surface area contributed by atoms with Crippen molar-refractivity contribution >= 4 is 11.8 Å². The zero-order valence-corrected chi connectivity index (χ0v) is 13.5. The number of rotatable bonds is 5. The number of aromatic nitrogens is 2. The second-order valence-corrected chi connectivity index (χ2v) is 6.77. The third-order valence-corrected chi connectivity index (χ3v) is 5.24. The number of hydrogen-bond donors (Lipinski definition) is 3. The largest absolute Gasteiger partial charge is 0.394 e. The van der Waals surface area contributed by atoms with Gasteiger partial charge in [0.05, 0.1) is 12.7 Å². The first-order valence-electron chi connectivity index (χ1n) is 7.36. The second-order valence-electron chi connectivity index (χ2n) is 5.43. The molecular weight excluding hydrogens is 308 g/mol. The van der Waals surface area contributed by atoms with E-state index in [9.17, 15) is 19.8 Å². The molecular formula is C14H22N2O5S. The summed E-state index contributed by atoms with van der Waals surface area (Å²) in [6.07, 6.45) is 0.733. The van der Waals surface area contributed by atoms with Crippen molar-refractivity contribution in [3.8, 4) is 0 Å². The third-order valence-electron chi connectivity index (χ3n) is 3.70. The second kappa shape index (κ2) is 7.45. The van der Waals surface area contributed by atoms with Gasteiger partial charge in [-0.2, -0.15) is 11.8 Å². The highest BCUT2D eigenvalue weighted by molar-refractivity contribution is 7.99. The molecule has 0 aliphatic carbocycles. The predicted octanol–water partition coefficient (Wildman–Crippen LogP) is -0.00248. The average Bonchev–Trinajstić information content (AvgIpc) is 2.50. The van der Waals surface area contributed by atoms with Crippen molar-refractivity contribution in [2.24, 2.45) is 0 Å². The van der Waals surface area contributed by atoms with Crippen molar-refractivity contribution in [2.45, 2.75) is 50.4 Å². The number of aryl methyl sites for hydroxylation is 1. The Bertz CT molecular complexity index is 614. The smallest absolute Gasteiger partial charge is 0.330 e. The highest BCUT2D eigenvalue weighted by Crippen LogP contribution is 2.34. The van der Waals surface area contributed by atoms with Gasteiger partial charge >= 0.3 is 5.69 Å². The van der Waals surface area contributed by atoms with Crippen molar-refractivity contribution < 1.29 is 14.9 Å². The third kappa shape index (κ3) is 3.62. The number of H-pyrrole nitrogens is 1. The molecule has 2 unspecified atom stereocenters. The van der Waals surface area contributed by atoms with E-state index < -0.39 is 29.7 Å². The minimum atomic E-state index is -0.780. The molecule has 124 valence electrons. The Balaban J connectivity index is 2.28. The normalized spacial score (nSPS) is 28.7. The fraction of sp³-hybridized carbons (Fsp3) is 0.714. The number of hydrogen-bond acceptors (Lipinski definition) is 6. The van der Waals surface area contributed by atoms with E-state index in [-0.39, 0.29) is 11.9 Å². The summed E-state index contributed by atoms with van der Waals surface area (Å²) in [6.45, 7) is 3.34. The van der Waals surface area contributed by atoms with E-state index in [1.807, 2.05) is 0 Å². The Morgan fingerprint density at radius 1 is 1.50 bits per heavy atom. The van der Waals surface area contributed by atoms with Gasteiger partial charge < -0.3 is 14.9 Å². The van der Waals surface area contributed by atoms with Gasteiger partial charge in [0.2, 0.25) is 0 Å². The molecule has 0 saturated carbocycles. The molecule has 8 heteroatoms. The van der Waals surface area contributed by atoms with Crippen LogP contribution < -0.4 is 11.2 Å². The Labute approximate surface area is 132 Å². The molecule has 22 heavy (non-hydrogen) atoms. The van der Waals surface area contributed by atoms with Gasteiger partial charge in [0.1, 0.15) is 12.3 Å². The summed E-state index contributed by atoms with van der Waals surface area (Å²) in [7, 11) is 0. The van der Waals surface area contributed by atoms with Gasteiger partial charge in [-0.1, -0.05) is 6.92 Å². The average molecular weight is 330 g/mol. The molecule has 0 radical (unpaired) electrons. The number of thioether (sulfide) groups is 1. The standard InChI is InChI=1S/C14H22N2O5S/c1-3-4-22-10-5-11(21-9(7-17)12(10)18)16-6-8(2)13(19)15-14(16)20/h6,9-12,17-18H,3-5,7H2,1-2H3,(H,15,19,20)/t9-,10?,11?,12-/m1/s1. The van der Waals surface area contributed by atoms with Crippen LogP contribution >= 0.6 is 11.8 Å². The fourth-order valence-corrected chi connectivity index (χ4v) is 3.69. The van der Waals surface area contributed by atoms with Crippen LogP contribution in [0.15, 0.2) is 15.8 Å². The summed E-state index contributed by atoms with van der Waals surface area (Å²) >= 11 is 1.61. The van der Waals surface area contributed by atoms with Crippen LogP contribution in [0.1, 0.15) is 31.6 Å². The molecule has 1 aliphatic heterocycles. The summed E-state index contributed by atoms with van der Waals surface area (Å²) in [5.41, 5.74) is -0.562. The molecule has 4 atom stereocenters. The number of nitrogens with zero attached hydrogens (tertiary/aromatic N) is 1. The molecule has 0 aromatic carbocycles. The Kier molecular flexibility index (Phi) is 5.85. The highest BCUT2D eigenvalue weighted by Gasteiger charge is 2.38. The van der Waals surface area contributed by atoms with Crippen LogP contribution in [0.25, 0.3) is 0 Å². The monoisotopic (exact) mass is 330 g/mol. The van der Waals surface area contributed by atoms with Crippen molar-refractivity contribution in [2.75, 3.05) is 12.4 Å². The maximum Gasteiger partial charge on any atom is 0.330 e. The quantitative estimate of drug-likeness (QED) is 0.702. The van der Waals surface area contributed by atoms with Crippen LogP contribution in [0.3, 0.4) is 0 Å². The molecule has 1 aromatic rings. The van der Waals surface area contributed by atoms with E-state index in [0.29, 0.717) is 12.0 Å². The minimum Gasteiger partial charge on any atom is -0.394 e. The molecule has 1 fully saturated rings. The van der Waals surface area contributed by atoms with Gasteiger partial charge in [-0.25, -0.2) is 4.79 Å². The lowest BCUT2D eigenvalue weighted by Gasteiger charge is -2.39. The van der Waals surface area contributed by atoms with E-state index in [1.165, 1.54) is 10.8 Å². The maximum atomic E-state index is 12.0. The number of aromatic amines is 1. The fourth-order valence-electron chi connectivity index (χ4n) is 2.48. The summed E-state index contributed by atoms with van der Waals surface area (Å²) in [4.78, 5) is 25.7. The van der Waals surface area contributed by atoms with E-state index in [2.05, 4.69) is 11.9 Å². The van der Waals surface area contributed by atoms with Crippen LogP contribution in [-0.2, 0) is 4.74 Å². The van der Waals surface area contributed by atoms with Gasteiger partial charge in [-0.15, -0.1) is 0 Å². The molecule has 1 aliphatic rings. The van der Waals surface area contributed by atoms with E-state index >= 15 is 0 Å². The van der Waals surface area contributed by atoms with Gasteiger partial charge in [0.15, 0.2) is 0 Å². The van der Waals surface area contributed by atoms with Crippen molar-refractivity contribution in [1.82, 2.24) is 9.55 Å². The lowest BCUT2D eigenvalue weighted by atomic mass is 10.0. The molecule has 0 bridgehead atoms. The summed E-state index contributed by atoms with van der Waals surface area (Å²) in [6, 6.07) is 0. The van der Waals surface area contributed by atoms with Gasteiger partial charge in [0.25, 0.3) is 5.56 Å². The van der Waals surface area contributed by atoms with Crippen LogP contribution in [0.2, 0.25) is 0 Å². The summed E-state index contributed by atoms with van der Waals surface area (Å²) < 4.78 is 6.97. The molecule has 3 N–H and O–H groups in total. The van der Waals surface area contributed by atoms with Crippen LogP contribution in [0.4, 0.5) is 0 Å². The van der Waals surface area contributed by atoms with E-state index in [4.69, 9.17) is 4.74 Å². The molecule has 0 spiro atoms. The Morgan fingerprint density at radius 3 is 2.86 bits per heavy atom. The molecule has 2 heterocycles. The highest BCUT2D eigenvalue weighted by atomic mass is 32.2. The van der Waals surface area contributed by atoms with Crippen LogP contribution in [0.5, 0.6) is 0 Å². The maximum absolute atomic E-state index is 12.0. The first-order valence-corrected chi connectivity index (χ1v) is 8.40. The minimum absolute atomic E-state index is 0.130. The first-order chi connectivity index (χ1) is 10.5. The number of nitrogens with one attached hydrogen (secondary N) is 1. The number of aliphatic hydroxyl groups excluding tert-OH is 2. The van der Waals surface area contributed by atoms with Gasteiger partial charge in [-0.3, -0.25) is 14.3 Å². The van der Waals surface area contributed by atoms with Crippen molar-refractivity contribution in [3.63, 3.8) is 0 Å². The predicted molar refractivity (Wildman–Crippen MR) is 84.2 cm³/mol. The molecule has 2 rings (SSSR count). The van der Waals surface area contributed by atoms with Crippen LogP contribution in [-0.4, -0.2) is 49.6 Å². The first kappa shape index (κ1) is 17.3. The van der Waals surface area contributed by atoms with Crippen molar-refractivity contribution in [1.29, 1.82) is 0 Å².